The van der Waals surface area contributed by atoms with E-state index in [-0.39, 0.29) is 17.4 Å². The standard InChI is InChI=1S/C14H18N6O/c1-9-5-12(17-8-16-9)20-4-2-3-10(7-20)11-6-13(21)19-14(15)18-11/h5-6,8,10H,2-4,7H2,1H3,(H3,15,18,19,21)/t10-/m1/s1. The van der Waals surface area contributed by atoms with Gasteiger partial charge < -0.3 is 10.6 Å². The van der Waals surface area contributed by atoms with Crippen LogP contribution in [0.15, 0.2) is 23.3 Å². The molecule has 0 bridgehead atoms. The molecule has 1 aliphatic rings. The number of nitrogens with two attached hydrogens (primary N) is 1. The smallest absolute Gasteiger partial charge is 0.252 e. The minimum atomic E-state index is -0.201. The number of nitrogens with one attached hydrogen (secondary N) is 1. The zero-order chi connectivity index (χ0) is 14.8. The van der Waals surface area contributed by atoms with Crippen molar-refractivity contribution >= 4 is 11.8 Å². The molecule has 0 aliphatic carbocycles. The third-order valence-corrected chi connectivity index (χ3v) is 3.73. The van der Waals surface area contributed by atoms with Crippen LogP contribution in [0.5, 0.6) is 0 Å². The Morgan fingerprint density at radius 2 is 2.24 bits per heavy atom. The second-order valence-corrected chi connectivity index (χ2v) is 5.36. The minimum Gasteiger partial charge on any atom is -0.369 e. The van der Waals surface area contributed by atoms with Crippen LogP contribution in [0, 0.1) is 6.92 Å². The first-order valence-electron chi connectivity index (χ1n) is 7.02. The summed E-state index contributed by atoms with van der Waals surface area (Å²) in [6.07, 6.45) is 3.61. The average Bonchev–Trinajstić information content (AvgIpc) is 2.46. The number of nitrogens with zero attached hydrogens (tertiary/aromatic N) is 4. The zero-order valence-electron chi connectivity index (χ0n) is 11.9. The lowest BCUT2D eigenvalue weighted by Gasteiger charge is -2.33. The molecule has 0 saturated carbocycles. The van der Waals surface area contributed by atoms with Gasteiger partial charge in [0.2, 0.25) is 5.95 Å². The number of aromatic nitrogens is 4. The van der Waals surface area contributed by atoms with Crippen molar-refractivity contribution in [3.8, 4) is 0 Å². The maximum Gasteiger partial charge on any atom is 0.252 e. The van der Waals surface area contributed by atoms with Gasteiger partial charge in [0, 0.05) is 36.8 Å². The van der Waals surface area contributed by atoms with Gasteiger partial charge in [-0.3, -0.25) is 9.78 Å². The summed E-state index contributed by atoms with van der Waals surface area (Å²) < 4.78 is 0. The van der Waals surface area contributed by atoms with Crippen LogP contribution in [0.1, 0.15) is 30.1 Å². The fourth-order valence-electron chi connectivity index (χ4n) is 2.75. The van der Waals surface area contributed by atoms with E-state index in [1.807, 2.05) is 13.0 Å². The molecule has 0 unspecified atom stereocenters. The molecule has 0 spiro atoms. The lowest BCUT2D eigenvalue weighted by atomic mass is 9.94. The largest absolute Gasteiger partial charge is 0.369 e. The van der Waals surface area contributed by atoms with Crippen molar-refractivity contribution in [2.45, 2.75) is 25.7 Å². The van der Waals surface area contributed by atoms with Crippen LogP contribution in [0.4, 0.5) is 11.8 Å². The lowest BCUT2D eigenvalue weighted by molar-refractivity contribution is 0.497. The Kier molecular flexibility index (Phi) is 3.55. The Balaban J connectivity index is 1.84. The van der Waals surface area contributed by atoms with Crippen LogP contribution in [0.2, 0.25) is 0 Å². The Morgan fingerprint density at radius 1 is 1.38 bits per heavy atom. The van der Waals surface area contributed by atoms with E-state index >= 15 is 0 Å². The van der Waals surface area contributed by atoms with Gasteiger partial charge in [0.05, 0.1) is 5.69 Å². The van der Waals surface area contributed by atoms with Gasteiger partial charge in [-0.25, -0.2) is 15.0 Å². The van der Waals surface area contributed by atoms with Crippen LogP contribution in [-0.2, 0) is 0 Å². The second kappa shape index (κ2) is 5.51. The highest BCUT2D eigenvalue weighted by Gasteiger charge is 2.24. The normalized spacial score (nSPS) is 18.7. The van der Waals surface area contributed by atoms with E-state index in [1.54, 1.807) is 6.33 Å². The molecule has 2 aromatic rings. The summed E-state index contributed by atoms with van der Waals surface area (Å²) >= 11 is 0. The minimum absolute atomic E-state index is 0.174. The number of rotatable bonds is 2. The Labute approximate surface area is 122 Å². The van der Waals surface area contributed by atoms with Crippen molar-refractivity contribution < 1.29 is 0 Å². The second-order valence-electron chi connectivity index (χ2n) is 5.36. The number of piperidine rings is 1. The molecule has 7 heteroatoms. The SMILES string of the molecule is Cc1cc(N2CCC[C@@H](c3cc(=O)[nH]c(N)n3)C2)ncn1. The Morgan fingerprint density at radius 3 is 3.00 bits per heavy atom. The molecule has 1 saturated heterocycles. The molecule has 3 heterocycles. The summed E-state index contributed by atoms with van der Waals surface area (Å²) in [5, 5.41) is 0. The summed E-state index contributed by atoms with van der Waals surface area (Å²) in [6.45, 7) is 3.68. The molecule has 3 N–H and O–H groups in total. The fourth-order valence-corrected chi connectivity index (χ4v) is 2.75. The summed E-state index contributed by atoms with van der Waals surface area (Å²) in [5.74, 6) is 1.29. The predicted octanol–water partition coefficient (Wildman–Crippen LogP) is 0.835. The molecule has 0 radical (unpaired) electrons. The molecular weight excluding hydrogens is 268 g/mol. The first-order valence-corrected chi connectivity index (χ1v) is 7.02. The first kappa shape index (κ1) is 13.5. The molecule has 1 fully saturated rings. The quantitative estimate of drug-likeness (QED) is 0.848. The maximum atomic E-state index is 11.5. The summed E-state index contributed by atoms with van der Waals surface area (Å²) in [7, 11) is 0. The van der Waals surface area contributed by atoms with Gasteiger partial charge in [-0.1, -0.05) is 0 Å². The molecule has 1 atom stereocenters. The fraction of sp³-hybridized carbons (Fsp3) is 0.429. The van der Waals surface area contributed by atoms with Crippen molar-refractivity contribution in [1.82, 2.24) is 19.9 Å². The number of hydrogen-bond acceptors (Lipinski definition) is 6. The molecule has 0 aromatic carbocycles. The highest BCUT2D eigenvalue weighted by atomic mass is 16.1. The monoisotopic (exact) mass is 286 g/mol. The predicted molar refractivity (Wildman–Crippen MR) is 80.2 cm³/mol. The molecule has 1 aliphatic heterocycles. The summed E-state index contributed by atoms with van der Waals surface area (Å²) in [5.41, 5.74) is 7.13. The van der Waals surface area contributed by atoms with Gasteiger partial charge >= 0.3 is 0 Å². The number of hydrogen-bond donors (Lipinski definition) is 2. The summed E-state index contributed by atoms with van der Waals surface area (Å²) in [6, 6.07) is 3.51. The number of aryl methyl sites for hydroxylation is 1. The van der Waals surface area contributed by atoms with E-state index in [0.29, 0.717) is 0 Å². The van der Waals surface area contributed by atoms with E-state index in [0.717, 1.165) is 43.1 Å². The van der Waals surface area contributed by atoms with E-state index in [2.05, 4.69) is 24.8 Å². The summed E-state index contributed by atoms with van der Waals surface area (Å²) in [4.78, 5) is 28.9. The third kappa shape index (κ3) is 3.01. The van der Waals surface area contributed by atoms with Crippen LogP contribution in [0.3, 0.4) is 0 Å². The number of nitrogen functional groups attached to an aromatic ring is 1. The highest BCUT2D eigenvalue weighted by Crippen LogP contribution is 2.27. The van der Waals surface area contributed by atoms with Crippen molar-refractivity contribution in [3.63, 3.8) is 0 Å². The van der Waals surface area contributed by atoms with Crippen LogP contribution in [0.25, 0.3) is 0 Å². The molecule has 2 aromatic heterocycles. The van der Waals surface area contributed by atoms with Gasteiger partial charge in [-0.2, -0.15) is 0 Å². The molecule has 110 valence electrons. The van der Waals surface area contributed by atoms with E-state index in [9.17, 15) is 4.79 Å². The van der Waals surface area contributed by atoms with Gasteiger partial charge in [0.25, 0.3) is 5.56 Å². The van der Waals surface area contributed by atoms with Crippen molar-refractivity contribution in [2.24, 2.45) is 0 Å². The zero-order valence-corrected chi connectivity index (χ0v) is 11.9. The lowest BCUT2D eigenvalue weighted by Crippen LogP contribution is -2.35. The highest BCUT2D eigenvalue weighted by molar-refractivity contribution is 5.40. The van der Waals surface area contributed by atoms with Gasteiger partial charge in [0.15, 0.2) is 0 Å². The average molecular weight is 286 g/mol. The Bertz CT molecular complexity index is 698. The van der Waals surface area contributed by atoms with Crippen LogP contribution < -0.4 is 16.2 Å². The molecular formula is C14H18N6O. The van der Waals surface area contributed by atoms with Gasteiger partial charge in [-0.15, -0.1) is 0 Å². The molecule has 21 heavy (non-hydrogen) atoms. The number of H-pyrrole nitrogens is 1. The van der Waals surface area contributed by atoms with Gasteiger partial charge in [-0.05, 0) is 19.8 Å². The number of anilines is 2. The maximum absolute atomic E-state index is 11.5. The topological polar surface area (TPSA) is 101 Å². The Hall–Kier alpha value is -2.44. The van der Waals surface area contributed by atoms with E-state index in [4.69, 9.17) is 5.73 Å². The van der Waals surface area contributed by atoms with Gasteiger partial charge in [0.1, 0.15) is 12.1 Å². The van der Waals surface area contributed by atoms with Crippen LogP contribution in [-0.4, -0.2) is 33.0 Å². The molecule has 3 rings (SSSR count). The molecule has 0 amide bonds. The van der Waals surface area contributed by atoms with E-state index < -0.39 is 0 Å². The number of aromatic amines is 1. The first-order chi connectivity index (χ1) is 10.1. The molecule has 7 nitrogen and oxygen atoms in total. The van der Waals surface area contributed by atoms with E-state index in [1.165, 1.54) is 6.07 Å². The third-order valence-electron chi connectivity index (χ3n) is 3.73. The van der Waals surface area contributed by atoms with Crippen LogP contribution >= 0.6 is 0 Å². The van der Waals surface area contributed by atoms with Crippen molar-refractivity contribution in [2.75, 3.05) is 23.7 Å². The van der Waals surface area contributed by atoms with Crippen molar-refractivity contribution in [1.29, 1.82) is 0 Å². The van der Waals surface area contributed by atoms with Crippen molar-refractivity contribution in [3.05, 3.63) is 40.2 Å².